The van der Waals surface area contributed by atoms with Crippen LogP contribution in [0.15, 0.2) is 0 Å². The molecule has 0 saturated carbocycles. The zero-order valence-electron chi connectivity index (χ0n) is 50.2. The Morgan fingerprint density at radius 1 is 0.397 bits per heavy atom. The molecule has 6 amide bonds. The minimum atomic E-state index is -1.08. The van der Waals surface area contributed by atoms with Crippen LogP contribution in [0.4, 0.5) is 0 Å². The van der Waals surface area contributed by atoms with E-state index >= 15 is 0 Å². The minimum absolute atomic E-state index is 0.00323. The van der Waals surface area contributed by atoms with Gasteiger partial charge >= 0.3 is 5.97 Å². The number of carbonyl (C=O) groups is 7. The number of hydrogen-bond donors (Lipinski definition) is 10. The molecule has 0 fully saturated rings. The summed E-state index contributed by atoms with van der Waals surface area (Å²) in [5, 5.41) is 25.7. The first-order valence-electron chi connectivity index (χ1n) is 31.7. The Kier molecular flexibility index (Phi) is 57.2. The van der Waals surface area contributed by atoms with Crippen LogP contribution in [0, 0.1) is 5.92 Å². The number of hydrogen-bond acceptors (Lipinski definition) is 10. The van der Waals surface area contributed by atoms with E-state index in [4.69, 9.17) is 16.6 Å². The lowest BCUT2D eigenvalue weighted by Crippen LogP contribution is -2.53. The highest BCUT2D eigenvalue weighted by molar-refractivity contribution is 7.80. The molecule has 0 heterocycles. The smallest absolute Gasteiger partial charge is 0.327 e. The predicted molar refractivity (Wildman–Crippen MR) is 325 cm³/mol. The van der Waals surface area contributed by atoms with Crippen LogP contribution in [0.2, 0.25) is 0 Å². The first-order chi connectivity index (χ1) is 37.8. The number of carboxylic acid groups (broad SMARTS) is 1. The van der Waals surface area contributed by atoms with Crippen LogP contribution in [-0.2, 0) is 33.6 Å². The molecule has 0 aromatic carbocycles. The summed E-state index contributed by atoms with van der Waals surface area (Å²) in [4.78, 5) is 85.5. The third-order valence-corrected chi connectivity index (χ3v) is 14.8. The Morgan fingerprint density at radius 3 is 1.15 bits per heavy atom. The van der Waals surface area contributed by atoms with E-state index in [0.717, 1.165) is 83.5 Å². The molecule has 4 atom stereocenters. The van der Waals surface area contributed by atoms with E-state index in [0.29, 0.717) is 64.7 Å². The molecule has 17 heteroatoms. The summed E-state index contributed by atoms with van der Waals surface area (Å²) in [6.45, 7) is 8.77. The van der Waals surface area contributed by atoms with Gasteiger partial charge in [0.2, 0.25) is 35.4 Å². The second-order valence-electron chi connectivity index (χ2n) is 21.8. The summed E-state index contributed by atoms with van der Waals surface area (Å²) in [5.41, 5.74) is 11.1. The van der Waals surface area contributed by atoms with Gasteiger partial charge in [0.25, 0.3) is 0 Å². The number of likely N-dealkylation sites (N-methyl/N-ethyl adjacent to an activating group) is 1. The van der Waals surface area contributed by atoms with Crippen molar-refractivity contribution in [2.75, 3.05) is 39.0 Å². The number of aliphatic carboxylic acids is 1. The fourth-order valence-electron chi connectivity index (χ4n) is 9.29. The number of nitrogens with two attached hydrogens (primary N) is 2. The lowest BCUT2D eigenvalue weighted by Gasteiger charge is -2.23. The van der Waals surface area contributed by atoms with Gasteiger partial charge in [-0.15, -0.1) is 0 Å². The van der Waals surface area contributed by atoms with Crippen molar-refractivity contribution in [1.29, 1.82) is 0 Å². The quantitative estimate of drug-likeness (QED) is 0.0203. The molecule has 0 aliphatic heterocycles. The van der Waals surface area contributed by atoms with Gasteiger partial charge in [0, 0.05) is 51.1 Å². The van der Waals surface area contributed by atoms with Crippen molar-refractivity contribution in [3.63, 3.8) is 0 Å². The number of thiol groups is 1. The molecule has 0 spiro atoms. The first kappa shape index (κ1) is 76.6. The van der Waals surface area contributed by atoms with E-state index in [-0.39, 0.29) is 53.5 Å². The summed E-state index contributed by atoms with van der Waals surface area (Å²) < 4.78 is 0. The van der Waals surface area contributed by atoms with Crippen LogP contribution < -0.4 is 43.4 Å². The van der Waals surface area contributed by atoms with E-state index in [1.165, 1.54) is 135 Å². The normalized spacial score (nSPS) is 12.6. The van der Waals surface area contributed by atoms with Crippen LogP contribution in [0.3, 0.4) is 0 Å². The average molecular weight is 1130 g/mol. The number of carbonyl (C=O) groups excluding carboxylic acids is 6. The van der Waals surface area contributed by atoms with Crippen molar-refractivity contribution < 1.29 is 38.7 Å². The lowest BCUT2D eigenvalue weighted by molar-refractivity contribution is -0.141. The average Bonchev–Trinajstić information content (AvgIpc) is 3.42. The molecule has 78 heavy (non-hydrogen) atoms. The van der Waals surface area contributed by atoms with Gasteiger partial charge in [-0.05, 0) is 90.1 Å². The SMILES string of the molecule is CCCCCCCCCCCCCCCC(=O)NCCCC[C@H](NC(=O)CCCCCCCCCCCCCCC)C(=O)N[C@@H](CCCCN)C(=O)NC.C[C@@H](CCCCN)C(=O)NCCCCCC(=O)N[C@@H](CS)C(=O)O. The van der Waals surface area contributed by atoms with Crippen LogP contribution in [0.5, 0.6) is 0 Å². The van der Waals surface area contributed by atoms with E-state index in [1.54, 1.807) is 7.05 Å². The maximum absolute atomic E-state index is 13.4. The fraction of sp³-hybridized carbons (Fsp3) is 0.885. The van der Waals surface area contributed by atoms with Gasteiger partial charge < -0.3 is 48.5 Å². The van der Waals surface area contributed by atoms with E-state index < -0.39 is 24.1 Å². The van der Waals surface area contributed by atoms with Crippen molar-refractivity contribution in [2.24, 2.45) is 17.4 Å². The standard InChI is InChI=1S/C45H89N5O4.C16H31N3O4S/c1-4-6-8-10-12-14-16-18-20-22-24-26-28-36-42(51)48-39-33-31-35-41(45(54)50-40(44(53)47-3)34-30-32-38-46)49-43(52)37-29-27-25-23-21-19-17-15-13-11-9-7-5-2;1-12(7-4-5-9-17)15(21)18-10-6-2-3-8-14(20)19-13(11-24)16(22)23/h40-41H,4-39,46H2,1-3H3,(H,47,53)(H,48,51)(H,49,52)(H,50,54);12-13,24H,2-11,17H2,1H3,(H,18,21)(H,19,20)(H,22,23)/t40-,41-;12-,13-/m00/s1. The highest BCUT2D eigenvalue weighted by Crippen LogP contribution is 2.16. The fourth-order valence-corrected chi connectivity index (χ4v) is 9.54. The Bertz CT molecular complexity index is 1480. The molecule has 0 unspecified atom stereocenters. The molecule has 0 saturated heterocycles. The number of rotatable bonds is 55. The molecule has 0 aliphatic carbocycles. The molecule has 0 bridgehead atoms. The molecule has 0 aliphatic rings. The Balaban J connectivity index is 0. The molecule has 11 N–H and O–H groups in total. The zero-order valence-corrected chi connectivity index (χ0v) is 51.1. The van der Waals surface area contributed by atoms with Gasteiger partial charge in [0.15, 0.2) is 0 Å². The summed E-state index contributed by atoms with van der Waals surface area (Å²) >= 11 is 3.89. The molecule has 0 aromatic rings. The van der Waals surface area contributed by atoms with Crippen LogP contribution in [0.25, 0.3) is 0 Å². The number of unbranched alkanes of at least 4 members (excludes halogenated alkanes) is 29. The van der Waals surface area contributed by atoms with Gasteiger partial charge in [-0.2, -0.15) is 12.6 Å². The van der Waals surface area contributed by atoms with Crippen molar-refractivity contribution in [3.8, 4) is 0 Å². The summed E-state index contributed by atoms with van der Waals surface area (Å²) in [6, 6.07) is -2.33. The zero-order chi connectivity index (χ0) is 58.1. The van der Waals surface area contributed by atoms with Gasteiger partial charge in [-0.1, -0.05) is 188 Å². The highest BCUT2D eigenvalue weighted by Gasteiger charge is 2.26. The number of amides is 6. The number of carboxylic acids is 1. The maximum Gasteiger partial charge on any atom is 0.327 e. The molecule has 0 radical (unpaired) electrons. The van der Waals surface area contributed by atoms with Crippen molar-refractivity contribution in [1.82, 2.24) is 31.9 Å². The van der Waals surface area contributed by atoms with E-state index in [1.807, 2.05) is 6.92 Å². The topological polar surface area (TPSA) is 264 Å². The van der Waals surface area contributed by atoms with Gasteiger partial charge in [-0.25, -0.2) is 4.79 Å². The third kappa shape index (κ3) is 50.8. The number of nitrogens with one attached hydrogen (secondary N) is 6. The minimum Gasteiger partial charge on any atom is -0.480 e. The Hall–Kier alpha value is -3.44. The molecule has 0 aromatic heterocycles. The highest BCUT2D eigenvalue weighted by atomic mass is 32.1. The van der Waals surface area contributed by atoms with Gasteiger partial charge in [0.1, 0.15) is 18.1 Å². The maximum atomic E-state index is 13.4. The Morgan fingerprint density at radius 2 is 0.744 bits per heavy atom. The first-order valence-corrected chi connectivity index (χ1v) is 32.3. The van der Waals surface area contributed by atoms with Gasteiger partial charge in [0.05, 0.1) is 0 Å². The van der Waals surface area contributed by atoms with Crippen LogP contribution in [-0.4, -0.2) is 104 Å². The monoisotopic (exact) mass is 1120 g/mol. The second-order valence-corrected chi connectivity index (χ2v) is 22.2. The molecule has 458 valence electrons. The van der Waals surface area contributed by atoms with Crippen molar-refractivity contribution in [2.45, 2.75) is 302 Å². The Labute approximate surface area is 481 Å². The third-order valence-electron chi connectivity index (χ3n) is 14.5. The largest absolute Gasteiger partial charge is 0.480 e. The van der Waals surface area contributed by atoms with Crippen molar-refractivity contribution in [3.05, 3.63) is 0 Å². The van der Waals surface area contributed by atoms with Gasteiger partial charge in [-0.3, -0.25) is 28.8 Å². The van der Waals surface area contributed by atoms with Crippen molar-refractivity contribution >= 4 is 54.0 Å². The van der Waals surface area contributed by atoms with Crippen LogP contribution in [0.1, 0.15) is 284 Å². The molecule has 0 rings (SSSR count). The predicted octanol–water partition coefficient (Wildman–Crippen LogP) is 11.0. The van der Waals surface area contributed by atoms with E-state index in [9.17, 15) is 33.6 Å². The second kappa shape index (κ2) is 58.2. The van der Waals surface area contributed by atoms with Crippen LogP contribution >= 0.6 is 12.6 Å². The summed E-state index contributed by atoms with van der Waals surface area (Å²) in [5.74, 6) is -1.86. The lowest BCUT2D eigenvalue weighted by atomic mass is 10.0. The summed E-state index contributed by atoms with van der Waals surface area (Å²) in [6.07, 6.45) is 43.0. The summed E-state index contributed by atoms with van der Waals surface area (Å²) in [7, 11) is 1.56. The molecular formula is C61H120N8O8S. The molecule has 16 nitrogen and oxygen atoms in total. The van der Waals surface area contributed by atoms with E-state index in [2.05, 4.69) is 58.4 Å². The molecular weight excluding hydrogens is 1000 g/mol.